The second-order valence-electron chi connectivity index (χ2n) is 2.54. The van der Waals surface area contributed by atoms with Gasteiger partial charge in [-0.05, 0) is 24.6 Å². The van der Waals surface area contributed by atoms with E-state index in [1.165, 1.54) is 0 Å². The molecule has 0 radical (unpaired) electrons. The van der Waals surface area contributed by atoms with Gasteiger partial charge in [0.1, 0.15) is 5.75 Å². The Morgan fingerprint density at radius 1 is 1.50 bits per heavy atom. The molecule has 1 aromatic rings. The normalized spacial score (nSPS) is 10.0. The fourth-order valence-corrected chi connectivity index (χ4v) is 1.64. The first-order chi connectivity index (χ1) is 5.69. The number of hydrogen-bond acceptors (Lipinski definition) is 1. The third-order valence-corrected chi connectivity index (χ3v) is 2.86. The molecule has 0 aliphatic carbocycles. The zero-order valence-corrected chi connectivity index (χ0v) is 9.37. The first kappa shape index (κ1) is 9.87. The lowest BCUT2D eigenvalue weighted by molar-refractivity contribution is 0.411. The largest absolute Gasteiger partial charge is 0.496 e. The van der Waals surface area contributed by atoms with Crippen molar-refractivity contribution in [1.29, 1.82) is 0 Å². The Morgan fingerprint density at radius 2 is 2.17 bits per heavy atom. The molecular formula is C9H10BrClO. The van der Waals surface area contributed by atoms with Gasteiger partial charge in [-0.15, -0.1) is 11.6 Å². The summed E-state index contributed by atoms with van der Waals surface area (Å²) in [6.45, 7) is 2.00. The van der Waals surface area contributed by atoms with Crippen molar-refractivity contribution in [2.45, 2.75) is 12.8 Å². The van der Waals surface area contributed by atoms with Gasteiger partial charge >= 0.3 is 0 Å². The van der Waals surface area contributed by atoms with Crippen LogP contribution in [0.5, 0.6) is 5.75 Å². The highest BCUT2D eigenvalue weighted by molar-refractivity contribution is 9.10. The number of rotatable bonds is 2. The Hall–Kier alpha value is -0.210. The molecule has 0 unspecified atom stereocenters. The third kappa shape index (κ3) is 1.93. The number of ether oxygens (including phenoxy) is 1. The van der Waals surface area contributed by atoms with Crippen LogP contribution in [0.25, 0.3) is 0 Å². The molecule has 0 atom stereocenters. The lowest BCUT2D eigenvalue weighted by Gasteiger charge is -2.08. The first-order valence-corrected chi connectivity index (χ1v) is 4.90. The summed E-state index contributed by atoms with van der Waals surface area (Å²) in [4.78, 5) is 0. The fraction of sp³-hybridized carbons (Fsp3) is 0.333. The third-order valence-electron chi connectivity index (χ3n) is 1.73. The van der Waals surface area contributed by atoms with Gasteiger partial charge in [-0.1, -0.05) is 15.9 Å². The highest BCUT2D eigenvalue weighted by Gasteiger charge is 2.04. The Bertz CT molecular complexity index is 286. The zero-order valence-electron chi connectivity index (χ0n) is 7.03. The van der Waals surface area contributed by atoms with E-state index in [1.807, 2.05) is 19.1 Å². The van der Waals surface area contributed by atoms with Gasteiger partial charge in [-0.25, -0.2) is 0 Å². The molecule has 0 bridgehead atoms. The van der Waals surface area contributed by atoms with Gasteiger partial charge in [0.25, 0.3) is 0 Å². The van der Waals surface area contributed by atoms with Crippen molar-refractivity contribution in [3.05, 3.63) is 27.7 Å². The second kappa shape index (κ2) is 4.15. The Morgan fingerprint density at radius 3 is 2.67 bits per heavy atom. The predicted molar refractivity (Wildman–Crippen MR) is 55.0 cm³/mol. The Labute approximate surface area is 85.8 Å². The zero-order chi connectivity index (χ0) is 9.14. The van der Waals surface area contributed by atoms with E-state index >= 15 is 0 Å². The van der Waals surface area contributed by atoms with E-state index in [-0.39, 0.29) is 0 Å². The molecular weight excluding hydrogens is 239 g/mol. The molecule has 0 aromatic heterocycles. The molecule has 0 spiro atoms. The van der Waals surface area contributed by atoms with Gasteiger partial charge in [-0.2, -0.15) is 0 Å². The summed E-state index contributed by atoms with van der Waals surface area (Å²) in [5, 5.41) is 0. The van der Waals surface area contributed by atoms with Crippen LogP contribution in [0.3, 0.4) is 0 Å². The summed E-state index contributed by atoms with van der Waals surface area (Å²) in [7, 11) is 1.66. The van der Waals surface area contributed by atoms with Gasteiger partial charge in [0.15, 0.2) is 0 Å². The number of methoxy groups -OCH3 is 1. The van der Waals surface area contributed by atoms with Crippen molar-refractivity contribution >= 4 is 27.5 Å². The molecule has 1 nitrogen and oxygen atoms in total. The van der Waals surface area contributed by atoms with Crippen molar-refractivity contribution in [3.63, 3.8) is 0 Å². The minimum absolute atomic E-state index is 0.509. The maximum Gasteiger partial charge on any atom is 0.123 e. The summed E-state index contributed by atoms with van der Waals surface area (Å²) in [6, 6.07) is 3.96. The number of alkyl halides is 1. The first-order valence-electron chi connectivity index (χ1n) is 3.58. The molecule has 66 valence electrons. The van der Waals surface area contributed by atoms with E-state index in [9.17, 15) is 0 Å². The van der Waals surface area contributed by atoms with Crippen molar-refractivity contribution in [2.75, 3.05) is 7.11 Å². The molecule has 0 heterocycles. The molecule has 1 aromatic carbocycles. The minimum atomic E-state index is 0.509. The summed E-state index contributed by atoms with van der Waals surface area (Å²) < 4.78 is 6.22. The van der Waals surface area contributed by atoms with E-state index in [2.05, 4.69) is 15.9 Å². The molecule has 3 heteroatoms. The van der Waals surface area contributed by atoms with Crippen LogP contribution < -0.4 is 4.74 Å². The summed E-state index contributed by atoms with van der Waals surface area (Å²) >= 11 is 9.14. The molecule has 0 aliphatic heterocycles. The van der Waals surface area contributed by atoms with Crippen molar-refractivity contribution < 1.29 is 4.74 Å². The number of benzene rings is 1. The highest BCUT2D eigenvalue weighted by atomic mass is 79.9. The van der Waals surface area contributed by atoms with E-state index in [1.54, 1.807) is 7.11 Å². The van der Waals surface area contributed by atoms with Crippen molar-refractivity contribution in [3.8, 4) is 5.75 Å². The van der Waals surface area contributed by atoms with Crippen LogP contribution in [-0.4, -0.2) is 7.11 Å². The number of hydrogen-bond donors (Lipinski definition) is 0. The summed E-state index contributed by atoms with van der Waals surface area (Å²) in [5.74, 6) is 1.38. The maximum atomic E-state index is 5.70. The molecule has 1 rings (SSSR count). The van der Waals surface area contributed by atoms with Crippen LogP contribution in [0.2, 0.25) is 0 Å². The van der Waals surface area contributed by atoms with Gasteiger partial charge in [0, 0.05) is 15.9 Å². The van der Waals surface area contributed by atoms with E-state index in [4.69, 9.17) is 16.3 Å². The van der Waals surface area contributed by atoms with Gasteiger partial charge in [0.2, 0.25) is 0 Å². The van der Waals surface area contributed by atoms with Crippen LogP contribution in [0.1, 0.15) is 11.1 Å². The van der Waals surface area contributed by atoms with Crippen molar-refractivity contribution in [2.24, 2.45) is 0 Å². The highest BCUT2D eigenvalue weighted by Crippen LogP contribution is 2.28. The van der Waals surface area contributed by atoms with Crippen LogP contribution in [0.4, 0.5) is 0 Å². The molecule has 0 saturated carbocycles. The SMILES string of the molecule is COc1cc(CCl)cc(Br)c1C. The average Bonchev–Trinajstić information content (AvgIpc) is 2.09. The van der Waals surface area contributed by atoms with Gasteiger partial charge in [0.05, 0.1) is 7.11 Å². The van der Waals surface area contributed by atoms with Gasteiger partial charge < -0.3 is 4.74 Å². The van der Waals surface area contributed by atoms with Crippen LogP contribution in [0, 0.1) is 6.92 Å². The average molecular weight is 250 g/mol. The lowest BCUT2D eigenvalue weighted by atomic mass is 10.1. The smallest absolute Gasteiger partial charge is 0.123 e. The maximum absolute atomic E-state index is 5.70. The molecule has 12 heavy (non-hydrogen) atoms. The summed E-state index contributed by atoms with van der Waals surface area (Å²) in [5.41, 5.74) is 2.16. The monoisotopic (exact) mass is 248 g/mol. The summed E-state index contributed by atoms with van der Waals surface area (Å²) in [6.07, 6.45) is 0. The Balaban J connectivity index is 3.19. The Kier molecular flexibility index (Phi) is 3.41. The minimum Gasteiger partial charge on any atom is -0.496 e. The molecule has 0 fully saturated rings. The van der Waals surface area contributed by atoms with Gasteiger partial charge in [-0.3, -0.25) is 0 Å². The predicted octanol–water partition coefficient (Wildman–Crippen LogP) is 3.50. The lowest BCUT2D eigenvalue weighted by Crippen LogP contribution is -1.90. The van der Waals surface area contributed by atoms with E-state index in [0.717, 1.165) is 21.3 Å². The number of halogens is 2. The van der Waals surface area contributed by atoms with Crippen LogP contribution >= 0.6 is 27.5 Å². The molecule has 0 N–H and O–H groups in total. The van der Waals surface area contributed by atoms with E-state index in [0.29, 0.717) is 5.88 Å². The van der Waals surface area contributed by atoms with E-state index < -0.39 is 0 Å². The quantitative estimate of drug-likeness (QED) is 0.729. The topological polar surface area (TPSA) is 9.23 Å². The molecule has 0 saturated heterocycles. The molecule has 0 aliphatic rings. The second-order valence-corrected chi connectivity index (χ2v) is 3.66. The molecule has 0 amide bonds. The standard InChI is InChI=1S/C9H10BrClO/c1-6-8(10)3-7(5-11)4-9(6)12-2/h3-4H,5H2,1-2H3. The van der Waals surface area contributed by atoms with Crippen molar-refractivity contribution in [1.82, 2.24) is 0 Å². The fourth-order valence-electron chi connectivity index (χ4n) is 0.996. The van der Waals surface area contributed by atoms with Crippen LogP contribution in [-0.2, 0) is 5.88 Å². The van der Waals surface area contributed by atoms with Crippen LogP contribution in [0.15, 0.2) is 16.6 Å².